The number of nitrogens with zero attached hydrogens (tertiary/aromatic N) is 5. The molecule has 31 heavy (non-hydrogen) atoms. The van der Waals surface area contributed by atoms with Gasteiger partial charge < -0.3 is 10.1 Å². The van der Waals surface area contributed by atoms with Crippen LogP contribution < -0.4 is 15.0 Å². The van der Waals surface area contributed by atoms with Gasteiger partial charge in [0.15, 0.2) is 10.8 Å². The Balaban J connectivity index is 1.68. The number of halogens is 6. The summed E-state index contributed by atoms with van der Waals surface area (Å²) in [7, 11) is 0. The number of fused-ring (bicyclic) bond motifs is 3. The molecule has 1 atom stereocenters. The molecule has 1 N–H and O–H groups in total. The number of anilines is 2. The molecule has 0 spiro atoms. The van der Waals surface area contributed by atoms with E-state index in [9.17, 15) is 22.4 Å². The third kappa shape index (κ3) is 3.69. The van der Waals surface area contributed by atoms with E-state index in [1.165, 1.54) is 23.7 Å². The van der Waals surface area contributed by atoms with Gasteiger partial charge in [-0.25, -0.2) is 28.1 Å². The van der Waals surface area contributed by atoms with Gasteiger partial charge >= 0.3 is 12.6 Å². The zero-order valence-corrected chi connectivity index (χ0v) is 17.0. The maximum Gasteiger partial charge on any atom is 0.388 e. The molecule has 1 aliphatic heterocycles. The van der Waals surface area contributed by atoms with Gasteiger partial charge in [-0.05, 0) is 13.0 Å². The molecular weight excluding hydrogens is 467 g/mol. The average Bonchev–Trinajstić information content (AvgIpc) is 3.21. The van der Waals surface area contributed by atoms with Gasteiger partial charge in [0.25, 0.3) is 6.43 Å². The molecule has 3 aromatic rings. The number of carbonyl (C=O) groups is 1. The topological polar surface area (TPSA) is 84.7 Å². The van der Waals surface area contributed by atoms with Crippen LogP contribution >= 0.6 is 23.2 Å². The zero-order valence-electron chi connectivity index (χ0n) is 15.5. The monoisotopic (exact) mass is 478 g/mol. The van der Waals surface area contributed by atoms with Crippen molar-refractivity contribution in [2.45, 2.75) is 25.4 Å². The average molecular weight is 479 g/mol. The van der Waals surface area contributed by atoms with Crippen LogP contribution in [0.15, 0.2) is 24.5 Å². The lowest BCUT2D eigenvalue weighted by molar-refractivity contribution is -0.0527. The van der Waals surface area contributed by atoms with E-state index in [1.807, 2.05) is 0 Å². The first kappa shape index (κ1) is 21.4. The molecule has 0 saturated heterocycles. The molecule has 14 heteroatoms. The lowest BCUT2D eigenvalue weighted by Crippen LogP contribution is -2.41. The fraction of sp³-hybridized carbons (Fsp3) is 0.294. The second-order valence-corrected chi connectivity index (χ2v) is 7.65. The highest BCUT2D eigenvalue weighted by Gasteiger charge is 2.50. The third-order valence-electron chi connectivity index (χ3n) is 4.74. The van der Waals surface area contributed by atoms with Crippen molar-refractivity contribution in [1.29, 1.82) is 0 Å². The van der Waals surface area contributed by atoms with E-state index in [4.69, 9.17) is 23.2 Å². The Bertz CT molecular complexity index is 1180. The quantitative estimate of drug-likeness (QED) is 0.553. The van der Waals surface area contributed by atoms with Crippen LogP contribution in [0.1, 0.15) is 12.6 Å². The zero-order chi connectivity index (χ0) is 22.5. The summed E-state index contributed by atoms with van der Waals surface area (Å²) in [6.07, 6.45) is -0.514. The number of alkyl halides is 4. The van der Waals surface area contributed by atoms with E-state index in [2.05, 4.69) is 25.1 Å². The summed E-state index contributed by atoms with van der Waals surface area (Å²) in [5, 5.41) is 6.25. The number of amides is 2. The normalized spacial score (nSPS) is 18.2. The number of pyridine rings is 1. The third-order valence-corrected chi connectivity index (χ3v) is 5.19. The van der Waals surface area contributed by atoms with Gasteiger partial charge in [0.05, 0.1) is 34.9 Å². The summed E-state index contributed by atoms with van der Waals surface area (Å²) in [5.41, 5.74) is -1.27. The first-order valence-electron chi connectivity index (χ1n) is 8.62. The van der Waals surface area contributed by atoms with E-state index in [0.29, 0.717) is 0 Å². The molecule has 4 heterocycles. The van der Waals surface area contributed by atoms with Crippen molar-refractivity contribution < 1.29 is 27.1 Å². The van der Waals surface area contributed by atoms with Crippen molar-refractivity contribution >= 4 is 46.3 Å². The van der Waals surface area contributed by atoms with Crippen molar-refractivity contribution in [1.82, 2.24) is 19.6 Å². The number of urea groups is 1. The number of aromatic nitrogens is 4. The molecule has 0 aromatic carbocycles. The molecule has 0 radical (unpaired) electrons. The van der Waals surface area contributed by atoms with Crippen LogP contribution in [0.4, 0.5) is 33.7 Å². The molecule has 3 aromatic heterocycles. The van der Waals surface area contributed by atoms with E-state index in [-0.39, 0.29) is 39.4 Å². The molecule has 2 amide bonds. The van der Waals surface area contributed by atoms with Gasteiger partial charge in [-0.1, -0.05) is 23.2 Å². The fourth-order valence-electron chi connectivity index (χ4n) is 3.33. The van der Waals surface area contributed by atoms with E-state index >= 15 is 0 Å². The predicted molar refractivity (Wildman–Crippen MR) is 104 cm³/mol. The number of hydrogen-bond donors (Lipinski definition) is 1. The summed E-state index contributed by atoms with van der Waals surface area (Å²) >= 11 is 11.7. The second kappa shape index (κ2) is 7.68. The first-order chi connectivity index (χ1) is 14.6. The second-order valence-electron chi connectivity index (χ2n) is 6.85. The Morgan fingerprint density at radius 1 is 1.23 bits per heavy atom. The minimum absolute atomic E-state index is 0.0417. The summed E-state index contributed by atoms with van der Waals surface area (Å²) in [6.45, 7) is -2.20. The molecule has 8 nitrogen and oxygen atoms in total. The lowest BCUT2D eigenvalue weighted by Gasteiger charge is -2.24. The van der Waals surface area contributed by atoms with Gasteiger partial charge in [-0.15, -0.1) is 0 Å². The smallest absolute Gasteiger partial charge is 0.388 e. The molecule has 0 bridgehead atoms. The minimum Gasteiger partial charge on any atom is -0.415 e. The number of ether oxygens (including phenoxy) is 1. The number of carbonyl (C=O) groups excluding carboxylic acids is 1. The van der Waals surface area contributed by atoms with Crippen molar-refractivity contribution in [3.05, 3.63) is 40.4 Å². The number of rotatable bonds is 4. The maximum absolute atomic E-state index is 14.0. The van der Waals surface area contributed by atoms with Crippen LogP contribution in [0.5, 0.6) is 5.88 Å². The van der Waals surface area contributed by atoms with Gasteiger partial charge in [0.1, 0.15) is 5.02 Å². The highest BCUT2D eigenvalue weighted by atomic mass is 35.5. The molecule has 0 aliphatic carbocycles. The summed E-state index contributed by atoms with van der Waals surface area (Å²) in [6, 6.07) is 1.76. The standard InChI is InChI=1S/C17H12Cl2F4N6O2/c1-17(14(20)21)6-28(9-5-24-11-3-10(19)27-29(11)12(9)17)16(30)26-7-2-8(18)13(25-4-7)31-15(22)23/h2-5,14-15H,6H2,1H3,(H,26,30)/t17-/m0/s1. The van der Waals surface area contributed by atoms with Crippen LogP contribution in [0.25, 0.3) is 5.65 Å². The van der Waals surface area contributed by atoms with Crippen LogP contribution in [-0.4, -0.2) is 45.2 Å². The summed E-state index contributed by atoms with van der Waals surface area (Å²) in [5.74, 6) is -0.520. The van der Waals surface area contributed by atoms with Crippen molar-refractivity contribution in [2.24, 2.45) is 0 Å². The molecule has 164 valence electrons. The SMILES string of the molecule is C[C@]1(C(F)F)CN(C(=O)Nc2cnc(OC(F)F)c(Cl)c2)c2cnc3cc(Cl)nn3c21. The number of hydrogen-bond acceptors (Lipinski definition) is 5. The highest BCUT2D eigenvalue weighted by molar-refractivity contribution is 6.32. The van der Waals surface area contributed by atoms with Crippen LogP contribution in [0.2, 0.25) is 10.2 Å². The van der Waals surface area contributed by atoms with Crippen LogP contribution in [-0.2, 0) is 5.41 Å². The molecular formula is C17H12Cl2F4N6O2. The van der Waals surface area contributed by atoms with Gasteiger partial charge in [-0.3, -0.25) is 4.90 Å². The van der Waals surface area contributed by atoms with Crippen molar-refractivity contribution in [3.63, 3.8) is 0 Å². The van der Waals surface area contributed by atoms with Gasteiger partial charge in [0.2, 0.25) is 5.88 Å². The number of nitrogens with one attached hydrogen (secondary N) is 1. The van der Waals surface area contributed by atoms with E-state index in [1.54, 1.807) is 0 Å². The van der Waals surface area contributed by atoms with Gasteiger partial charge in [-0.2, -0.15) is 13.9 Å². The lowest BCUT2D eigenvalue weighted by atomic mass is 9.89. The first-order valence-corrected chi connectivity index (χ1v) is 9.37. The molecule has 1 aliphatic rings. The highest BCUT2D eigenvalue weighted by Crippen LogP contribution is 2.44. The predicted octanol–water partition coefficient (Wildman–Crippen LogP) is 4.61. The van der Waals surface area contributed by atoms with Crippen LogP contribution in [0.3, 0.4) is 0 Å². The Kier molecular flexibility index (Phi) is 5.30. The van der Waals surface area contributed by atoms with Crippen molar-refractivity contribution in [3.8, 4) is 5.88 Å². The molecule has 0 saturated carbocycles. The molecule has 4 rings (SSSR count). The van der Waals surface area contributed by atoms with E-state index < -0.39 is 30.4 Å². The Morgan fingerprint density at radius 3 is 2.61 bits per heavy atom. The Labute approximate surface area is 181 Å². The van der Waals surface area contributed by atoms with Crippen molar-refractivity contribution in [2.75, 3.05) is 16.8 Å². The molecule has 0 fully saturated rings. The maximum atomic E-state index is 14.0. The molecule has 0 unspecified atom stereocenters. The summed E-state index contributed by atoms with van der Waals surface area (Å²) in [4.78, 5) is 21.7. The van der Waals surface area contributed by atoms with E-state index in [0.717, 1.165) is 17.2 Å². The van der Waals surface area contributed by atoms with Gasteiger partial charge in [0, 0.05) is 12.6 Å². The fourth-order valence-corrected chi connectivity index (χ4v) is 3.71. The minimum atomic E-state index is -3.13. The Hall–Kier alpha value is -2.86. The Morgan fingerprint density at radius 2 is 1.97 bits per heavy atom. The largest absolute Gasteiger partial charge is 0.415 e. The summed E-state index contributed by atoms with van der Waals surface area (Å²) < 4.78 is 58.1. The van der Waals surface area contributed by atoms with Crippen LogP contribution in [0, 0.1) is 0 Å².